The number of ether oxygens (including phenoxy) is 1. The SMILES string of the molecule is CCC(OCc1cc(C(F)(F)F)cc(C(F)(F)F)c1)C1(c2ccccc2)CC(C(=O)N2CCC2)N1. The fourth-order valence-electron chi connectivity index (χ4n) is 4.77. The van der Waals surface area contributed by atoms with Crippen molar-refractivity contribution in [3.8, 4) is 0 Å². The minimum absolute atomic E-state index is 0.00893. The summed E-state index contributed by atoms with van der Waals surface area (Å²) in [5.41, 5.74) is -2.91. The quantitative estimate of drug-likeness (QED) is 0.510. The lowest BCUT2D eigenvalue weighted by Crippen LogP contribution is -2.71. The van der Waals surface area contributed by atoms with Gasteiger partial charge in [0, 0.05) is 13.1 Å². The first kappa shape index (κ1) is 25.5. The molecular weight excluding hydrogens is 474 g/mol. The smallest absolute Gasteiger partial charge is 0.371 e. The Bertz CT molecular complexity index is 1010. The molecule has 3 unspecified atom stereocenters. The van der Waals surface area contributed by atoms with Crippen molar-refractivity contribution in [2.75, 3.05) is 13.1 Å². The van der Waals surface area contributed by atoms with Crippen molar-refractivity contribution >= 4 is 5.91 Å². The van der Waals surface area contributed by atoms with E-state index in [1.807, 2.05) is 37.3 Å². The summed E-state index contributed by atoms with van der Waals surface area (Å²) in [6, 6.07) is 10.3. The summed E-state index contributed by atoms with van der Waals surface area (Å²) in [5, 5.41) is 3.34. The Morgan fingerprint density at radius 3 is 2.09 bits per heavy atom. The molecule has 2 aliphatic rings. The van der Waals surface area contributed by atoms with Crippen molar-refractivity contribution < 1.29 is 35.9 Å². The number of likely N-dealkylation sites (tertiary alicyclic amines) is 1. The number of carbonyl (C=O) groups excluding carboxylic acids is 1. The van der Waals surface area contributed by atoms with Crippen LogP contribution in [-0.4, -0.2) is 36.0 Å². The predicted molar refractivity (Wildman–Crippen MR) is 116 cm³/mol. The minimum atomic E-state index is -4.93. The standard InChI is InChI=1S/C25H26F6N2O2/c1-2-21(35-15-16-11-18(24(26,27)28)13-19(12-16)25(29,30)31)23(17-7-4-3-5-8-17)14-20(32-23)22(34)33-9-6-10-33/h3-5,7-8,11-13,20-21,32H,2,6,9-10,14-15H2,1H3. The molecule has 2 aliphatic heterocycles. The molecule has 2 aromatic carbocycles. The lowest BCUT2D eigenvalue weighted by Gasteiger charge is -2.54. The zero-order valence-electron chi connectivity index (χ0n) is 19.0. The van der Waals surface area contributed by atoms with E-state index in [1.54, 1.807) is 4.90 Å². The van der Waals surface area contributed by atoms with Gasteiger partial charge in [0.2, 0.25) is 5.91 Å². The van der Waals surface area contributed by atoms with E-state index >= 15 is 0 Å². The second kappa shape index (κ2) is 9.46. The Balaban J connectivity index is 1.58. The molecule has 2 heterocycles. The third kappa shape index (κ3) is 5.18. The maximum Gasteiger partial charge on any atom is 0.416 e. The Hall–Kier alpha value is -2.59. The lowest BCUT2D eigenvalue weighted by atomic mass is 9.70. The summed E-state index contributed by atoms with van der Waals surface area (Å²) in [4.78, 5) is 14.4. The molecule has 1 amide bonds. The number of carbonyl (C=O) groups is 1. The van der Waals surface area contributed by atoms with E-state index in [-0.39, 0.29) is 17.5 Å². The monoisotopic (exact) mass is 500 g/mol. The van der Waals surface area contributed by atoms with Crippen molar-refractivity contribution in [3.05, 3.63) is 70.8 Å². The minimum Gasteiger partial charge on any atom is -0.371 e. The number of nitrogens with one attached hydrogen (secondary N) is 1. The van der Waals surface area contributed by atoms with Gasteiger partial charge < -0.3 is 9.64 Å². The Kier molecular flexibility index (Phi) is 6.89. The van der Waals surface area contributed by atoms with Crippen molar-refractivity contribution in [1.82, 2.24) is 10.2 Å². The largest absolute Gasteiger partial charge is 0.416 e. The molecule has 2 fully saturated rings. The van der Waals surface area contributed by atoms with Crippen LogP contribution in [0.2, 0.25) is 0 Å². The molecule has 0 aromatic heterocycles. The van der Waals surface area contributed by atoms with Gasteiger partial charge in [0.05, 0.1) is 35.4 Å². The highest BCUT2D eigenvalue weighted by Crippen LogP contribution is 2.43. The van der Waals surface area contributed by atoms with Gasteiger partial charge in [-0.15, -0.1) is 0 Å². The zero-order valence-corrected chi connectivity index (χ0v) is 19.0. The highest BCUT2D eigenvalue weighted by atomic mass is 19.4. The fraction of sp³-hybridized carbons (Fsp3) is 0.480. The fourth-order valence-corrected chi connectivity index (χ4v) is 4.77. The van der Waals surface area contributed by atoms with Crippen molar-refractivity contribution in [3.63, 3.8) is 0 Å². The molecule has 0 bridgehead atoms. The molecule has 4 rings (SSSR count). The van der Waals surface area contributed by atoms with E-state index < -0.39 is 47.8 Å². The summed E-state index contributed by atoms with van der Waals surface area (Å²) >= 11 is 0. The number of alkyl halides is 6. The second-order valence-corrected chi connectivity index (χ2v) is 9.04. The van der Waals surface area contributed by atoms with E-state index in [2.05, 4.69) is 5.32 Å². The number of amides is 1. The van der Waals surface area contributed by atoms with Crippen molar-refractivity contribution in [1.29, 1.82) is 0 Å². The molecule has 3 atom stereocenters. The van der Waals surface area contributed by atoms with Gasteiger partial charge in [-0.25, -0.2) is 0 Å². The van der Waals surface area contributed by atoms with Gasteiger partial charge >= 0.3 is 12.4 Å². The number of hydrogen-bond donors (Lipinski definition) is 1. The van der Waals surface area contributed by atoms with Gasteiger partial charge in [0.25, 0.3) is 0 Å². The van der Waals surface area contributed by atoms with Gasteiger partial charge in [0.15, 0.2) is 0 Å². The van der Waals surface area contributed by atoms with E-state index in [0.29, 0.717) is 38.1 Å². The van der Waals surface area contributed by atoms with Crippen LogP contribution in [-0.2, 0) is 34.0 Å². The summed E-state index contributed by atoms with van der Waals surface area (Å²) in [6.07, 6.45) is -8.63. The molecular formula is C25H26F6N2O2. The maximum absolute atomic E-state index is 13.2. The molecule has 4 nitrogen and oxygen atoms in total. The number of halogens is 6. The topological polar surface area (TPSA) is 41.6 Å². The van der Waals surface area contributed by atoms with Crippen LogP contribution < -0.4 is 5.32 Å². The first-order valence-electron chi connectivity index (χ1n) is 11.5. The van der Waals surface area contributed by atoms with Gasteiger partial charge in [-0.1, -0.05) is 37.3 Å². The maximum atomic E-state index is 13.2. The van der Waals surface area contributed by atoms with Crippen LogP contribution in [0.1, 0.15) is 48.4 Å². The summed E-state index contributed by atoms with van der Waals surface area (Å²) in [7, 11) is 0. The van der Waals surface area contributed by atoms with Crippen LogP contribution in [0.25, 0.3) is 0 Å². The van der Waals surface area contributed by atoms with Crippen LogP contribution in [0.3, 0.4) is 0 Å². The van der Waals surface area contributed by atoms with Gasteiger partial charge in [-0.2, -0.15) is 26.3 Å². The average Bonchev–Trinajstić information content (AvgIpc) is 2.73. The summed E-state index contributed by atoms with van der Waals surface area (Å²) in [5.74, 6) is -0.00893. The van der Waals surface area contributed by atoms with E-state index in [1.165, 1.54) is 0 Å². The third-order valence-corrected chi connectivity index (χ3v) is 6.73. The second-order valence-electron chi connectivity index (χ2n) is 9.04. The Morgan fingerprint density at radius 1 is 1.06 bits per heavy atom. The molecule has 1 N–H and O–H groups in total. The van der Waals surface area contributed by atoms with E-state index in [0.717, 1.165) is 12.0 Å². The van der Waals surface area contributed by atoms with Crippen molar-refractivity contribution in [2.45, 2.75) is 62.8 Å². The normalized spacial score (nSPS) is 23.4. The molecule has 35 heavy (non-hydrogen) atoms. The van der Waals surface area contributed by atoms with Gasteiger partial charge in [-0.3, -0.25) is 10.1 Å². The highest BCUT2D eigenvalue weighted by Gasteiger charge is 2.54. The molecule has 2 aromatic rings. The van der Waals surface area contributed by atoms with E-state index in [9.17, 15) is 31.1 Å². The Labute approximate surface area is 199 Å². The Morgan fingerprint density at radius 2 is 1.63 bits per heavy atom. The highest BCUT2D eigenvalue weighted by molar-refractivity contribution is 5.84. The molecule has 0 saturated carbocycles. The molecule has 10 heteroatoms. The third-order valence-electron chi connectivity index (χ3n) is 6.73. The first-order chi connectivity index (χ1) is 16.4. The molecule has 0 aliphatic carbocycles. The molecule has 0 spiro atoms. The first-order valence-corrected chi connectivity index (χ1v) is 11.5. The zero-order chi connectivity index (χ0) is 25.4. The predicted octanol–water partition coefficient (Wildman–Crippen LogP) is 5.51. The van der Waals surface area contributed by atoms with Crippen LogP contribution in [0.5, 0.6) is 0 Å². The van der Waals surface area contributed by atoms with Crippen molar-refractivity contribution in [2.24, 2.45) is 0 Å². The molecule has 2 saturated heterocycles. The van der Waals surface area contributed by atoms with Gasteiger partial charge in [-0.05, 0) is 48.6 Å². The summed E-state index contributed by atoms with van der Waals surface area (Å²) in [6.45, 7) is 2.81. The van der Waals surface area contributed by atoms with Crippen LogP contribution >= 0.6 is 0 Å². The molecule has 190 valence electrons. The van der Waals surface area contributed by atoms with E-state index in [4.69, 9.17) is 4.74 Å². The summed E-state index contributed by atoms with van der Waals surface area (Å²) < 4.78 is 85.4. The number of benzene rings is 2. The van der Waals surface area contributed by atoms with Crippen LogP contribution in [0, 0.1) is 0 Å². The lowest BCUT2D eigenvalue weighted by molar-refractivity contribution is -0.147. The van der Waals surface area contributed by atoms with Crippen LogP contribution in [0.4, 0.5) is 26.3 Å². The number of nitrogens with zero attached hydrogens (tertiary/aromatic N) is 1. The number of hydrogen-bond acceptors (Lipinski definition) is 3. The number of rotatable bonds is 7. The average molecular weight is 500 g/mol. The molecule has 0 radical (unpaired) electrons. The van der Waals surface area contributed by atoms with Crippen LogP contribution in [0.15, 0.2) is 48.5 Å². The van der Waals surface area contributed by atoms with Gasteiger partial charge in [0.1, 0.15) is 0 Å².